The Balaban J connectivity index is 1.70. The molecule has 26 heavy (non-hydrogen) atoms. The molecule has 8 nitrogen and oxygen atoms in total. The summed E-state index contributed by atoms with van der Waals surface area (Å²) in [4.78, 5) is 25.3. The van der Waals surface area contributed by atoms with Crippen LogP contribution in [0.25, 0.3) is 11.0 Å². The second-order valence-corrected chi connectivity index (χ2v) is 7.08. The lowest BCUT2D eigenvalue weighted by atomic mass is 9.95. The van der Waals surface area contributed by atoms with Gasteiger partial charge in [-0.25, -0.2) is 9.97 Å². The molecule has 0 spiro atoms. The molecule has 0 saturated heterocycles. The molecule has 3 aromatic rings. The fraction of sp³-hybridized carbons (Fsp3) is 0.389. The van der Waals surface area contributed by atoms with E-state index >= 15 is 0 Å². The van der Waals surface area contributed by atoms with Crippen LogP contribution < -0.4 is 10.6 Å². The highest BCUT2D eigenvalue weighted by Gasteiger charge is 2.21. The topological polar surface area (TPSA) is 97.6 Å². The van der Waals surface area contributed by atoms with Crippen molar-refractivity contribution < 1.29 is 4.79 Å². The van der Waals surface area contributed by atoms with Crippen molar-refractivity contribution in [2.24, 2.45) is 7.05 Å². The number of nitrogens with one attached hydrogen (secondary N) is 2. The molecule has 0 atom stereocenters. The molecule has 8 heteroatoms. The summed E-state index contributed by atoms with van der Waals surface area (Å²) >= 11 is 0. The maximum absolute atomic E-state index is 12.0. The molecule has 0 unspecified atom stereocenters. The number of nitrogens with zero attached hydrogens (tertiary/aromatic N) is 5. The summed E-state index contributed by atoms with van der Waals surface area (Å²) < 4.78 is 1.74. The van der Waals surface area contributed by atoms with Gasteiger partial charge in [0.15, 0.2) is 5.65 Å². The van der Waals surface area contributed by atoms with Crippen molar-refractivity contribution >= 4 is 22.8 Å². The summed E-state index contributed by atoms with van der Waals surface area (Å²) in [6.45, 7) is 7.22. The predicted octanol–water partition coefficient (Wildman–Crippen LogP) is 1.90. The first-order chi connectivity index (χ1) is 12.4. The van der Waals surface area contributed by atoms with Gasteiger partial charge in [0.25, 0.3) is 5.91 Å². The van der Waals surface area contributed by atoms with Gasteiger partial charge in [0.2, 0.25) is 0 Å². The molecule has 136 valence electrons. The number of aromatic nitrogens is 5. The number of aryl methyl sites for hydroxylation is 1. The van der Waals surface area contributed by atoms with E-state index in [0.717, 1.165) is 22.7 Å². The van der Waals surface area contributed by atoms with Crippen LogP contribution in [0.15, 0.2) is 30.7 Å². The Morgan fingerprint density at radius 3 is 2.69 bits per heavy atom. The first-order valence-corrected chi connectivity index (χ1v) is 8.48. The molecule has 0 aliphatic heterocycles. The van der Waals surface area contributed by atoms with E-state index in [0.29, 0.717) is 18.7 Å². The van der Waals surface area contributed by atoms with Crippen LogP contribution in [0.3, 0.4) is 0 Å². The molecule has 0 radical (unpaired) electrons. The van der Waals surface area contributed by atoms with Crippen molar-refractivity contribution in [1.82, 2.24) is 30.0 Å². The van der Waals surface area contributed by atoms with Crippen LogP contribution >= 0.6 is 0 Å². The number of pyridine rings is 1. The van der Waals surface area contributed by atoms with Gasteiger partial charge in [-0.1, -0.05) is 20.8 Å². The van der Waals surface area contributed by atoms with Gasteiger partial charge in [0.05, 0.1) is 17.1 Å². The zero-order chi connectivity index (χ0) is 18.7. The molecule has 0 fully saturated rings. The van der Waals surface area contributed by atoms with Gasteiger partial charge in [-0.15, -0.1) is 0 Å². The number of amides is 1. The Morgan fingerprint density at radius 1 is 1.19 bits per heavy atom. The van der Waals surface area contributed by atoms with Crippen LogP contribution in [-0.2, 0) is 12.5 Å². The quantitative estimate of drug-likeness (QED) is 0.680. The Kier molecular flexibility index (Phi) is 4.83. The highest BCUT2D eigenvalue weighted by molar-refractivity contribution is 5.93. The third-order valence-corrected chi connectivity index (χ3v) is 3.89. The molecule has 1 amide bonds. The van der Waals surface area contributed by atoms with Gasteiger partial charge in [-0.05, 0) is 12.1 Å². The summed E-state index contributed by atoms with van der Waals surface area (Å²) in [5, 5.41) is 11.3. The minimum atomic E-state index is -0.177. The zero-order valence-electron chi connectivity index (χ0n) is 15.4. The molecule has 0 aliphatic carbocycles. The minimum Gasteiger partial charge on any atom is -0.368 e. The second-order valence-electron chi connectivity index (χ2n) is 7.08. The fourth-order valence-corrected chi connectivity index (χ4v) is 2.45. The Hall–Kier alpha value is -3.03. The van der Waals surface area contributed by atoms with E-state index in [2.05, 4.69) is 51.5 Å². The average molecular weight is 353 g/mol. The van der Waals surface area contributed by atoms with Gasteiger partial charge in [0.1, 0.15) is 11.6 Å². The molecule has 3 aromatic heterocycles. The number of fused-ring (bicyclic) bond motifs is 1. The summed E-state index contributed by atoms with van der Waals surface area (Å²) in [6, 6.07) is 3.47. The summed E-state index contributed by atoms with van der Waals surface area (Å²) in [6.07, 6.45) is 4.93. The van der Waals surface area contributed by atoms with Crippen LogP contribution in [0.5, 0.6) is 0 Å². The zero-order valence-corrected chi connectivity index (χ0v) is 15.4. The van der Waals surface area contributed by atoms with E-state index < -0.39 is 0 Å². The van der Waals surface area contributed by atoms with E-state index in [-0.39, 0.29) is 11.3 Å². The van der Waals surface area contributed by atoms with Gasteiger partial charge in [-0.2, -0.15) is 5.10 Å². The monoisotopic (exact) mass is 353 g/mol. The summed E-state index contributed by atoms with van der Waals surface area (Å²) in [5.74, 6) is 1.32. The van der Waals surface area contributed by atoms with Crippen LogP contribution in [0, 0.1) is 0 Å². The van der Waals surface area contributed by atoms with Crippen LogP contribution in [0.1, 0.15) is 37.0 Å². The molecule has 2 N–H and O–H groups in total. The molecule has 0 saturated carbocycles. The maximum atomic E-state index is 12.0. The van der Waals surface area contributed by atoms with Gasteiger partial charge in [-0.3, -0.25) is 14.5 Å². The smallest absolute Gasteiger partial charge is 0.252 e. The molecule has 3 heterocycles. The highest BCUT2D eigenvalue weighted by atomic mass is 16.1. The number of hydrogen-bond acceptors (Lipinski definition) is 6. The standard InChI is InChI=1S/C18H23N7O/c1-18(2,3)17-23-14(13-11-22-25(4)15(13)24-17)20-8-9-21-16(26)12-6-5-7-19-10-12/h5-7,10-11H,8-9H2,1-4H3,(H,21,26)(H,20,23,24). The van der Waals surface area contributed by atoms with Gasteiger partial charge >= 0.3 is 0 Å². The fourth-order valence-electron chi connectivity index (χ4n) is 2.45. The normalized spacial score (nSPS) is 11.5. The summed E-state index contributed by atoms with van der Waals surface area (Å²) in [7, 11) is 1.86. The van der Waals surface area contributed by atoms with Gasteiger partial charge in [0, 0.05) is 37.9 Å². The van der Waals surface area contributed by atoms with Crippen molar-refractivity contribution in [1.29, 1.82) is 0 Å². The first kappa shape index (κ1) is 17.8. The van der Waals surface area contributed by atoms with Gasteiger partial charge < -0.3 is 10.6 Å². The molecular formula is C18H23N7O. The lowest BCUT2D eigenvalue weighted by Gasteiger charge is -2.18. The molecule has 0 aliphatic rings. The lowest BCUT2D eigenvalue weighted by molar-refractivity contribution is 0.0955. The largest absolute Gasteiger partial charge is 0.368 e. The van der Waals surface area contributed by atoms with E-state index in [9.17, 15) is 4.79 Å². The van der Waals surface area contributed by atoms with Crippen LogP contribution in [0.4, 0.5) is 5.82 Å². The van der Waals surface area contributed by atoms with Crippen LogP contribution in [-0.4, -0.2) is 43.7 Å². The molecule has 0 aromatic carbocycles. The summed E-state index contributed by atoms with van der Waals surface area (Å²) in [5.41, 5.74) is 1.15. The van der Waals surface area contributed by atoms with Crippen molar-refractivity contribution in [2.45, 2.75) is 26.2 Å². The Morgan fingerprint density at radius 2 is 2.00 bits per heavy atom. The van der Waals surface area contributed by atoms with Crippen molar-refractivity contribution in [3.05, 3.63) is 42.1 Å². The van der Waals surface area contributed by atoms with Crippen molar-refractivity contribution in [3.8, 4) is 0 Å². The van der Waals surface area contributed by atoms with Crippen molar-refractivity contribution in [2.75, 3.05) is 18.4 Å². The van der Waals surface area contributed by atoms with E-state index in [1.54, 1.807) is 35.4 Å². The second kappa shape index (κ2) is 7.07. The highest BCUT2D eigenvalue weighted by Crippen LogP contribution is 2.25. The first-order valence-electron chi connectivity index (χ1n) is 8.48. The predicted molar refractivity (Wildman–Crippen MR) is 100 cm³/mol. The lowest BCUT2D eigenvalue weighted by Crippen LogP contribution is -2.29. The molecule has 0 bridgehead atoms. The SMILES string of the molecule is Cn1ncc2c(NCCNC(=O)c3cccnc3)nc(C(C)(C)C)nc21. The Labute approximate surface area is 152 Å². The average Bonchev–Trinajstić information content (AvgIpc) is 3.00. The number of rotatable bonds is 5. The number of hydrogen-bond donors (Lipinski definition) is 2. The number of carbonyl (C=O) groups is 1. The minimum absolute atomic E-state index is 0.149. The third kappa shape index (κ3) is 3.79. The number of anilines is 1. The number of carbonyl (C=O) groups excluding carboxylic acids is 1. The maximum Gasteiger partial charge on any atom is 0.252 e. The van der Waals surface area contributed by atoms with Crippen LogP contribution in [0.2, 0.25) is 0 Å². The van der Waals surface area contributed by atoms with E-state index in [1.807, 2.05) is 7.05 Å². The Bertz CT molecular complexity index is 912. The van der Waals surface area contributed by atoms with E-state index in [4.69, 9.17) is 0 Å². The molecular weight excluding hydrogens is 330 g/mol. The third-order valence-electron chi connectivity index (χ3n) is 3.89. The molecule has 3 rings (SSSR count). The van der Waals surface area contributed by atoms with Crippen molar-refractivity contribution in [3.63, 3.8) is 0 Å². The van der Waals surface area contributed by atoms with E-state index in [1.165, 1.54) is 0 Å².